The van der Waals surface area contributed by atoms with E-state index in [1.54, 1.807) is 16.8 Å². The molecule has 0 spiro atoms. The number of aryl methyl sites for hydroxylation is 1. The molecule has 3 N–H and O–H groups in total. The van der Waals surface area contributed by atoms with E-state index in [4.69, 9.17) is 22.1 Å². The van der Waals surface area contributed by atoms with Gasteiger partial charge in [0, 0.05) is 29.1 Å². The number of nitrogens with two attached hydrogens (primary N) is 1. The molecule has 0 aliphatic rings. The molecule has 0 aliphatic heterocycles. The van der Waals surface area contributed by atoms with Crippen molar-refractivity contribution in [1.29, 1.82) is 0 Å². The zero-order valence-corrected chi connectivity index (χ0v) is 13.7. The fourth-order valence-corrected chi connectivity index (χ4v) is 2.93. The van der Waals surface area contributed by atoms with Crippen molar-refractivity contribution in [3.8, 4) is 5.75 Å². The van der Waals surface area contributed by atoms with Crippen LogP contribution in [0.1, 0.15) is 17.0 Å². The molecule has 0 saturated carbocycles. The molecule has 0 radical (unpaired) electrons. The molecule has 7 heteroatoms. The standard InChI is InChI=1S/C14H14ClN3OS.ClH/c1-8-2-10-11(18-12(4-16)14(10)15)3-13(8)19-5-9-6-20-7-17-9;/h2-3,6-7,18H,4-5,16H2,1H3;1H. The molecule has 0 bridgehead atoms. The SMILES string of the molecule is Cc1cc2c(Cl)c(CN)[nH]c2cc1OCc1cscn1.Cl. The van der Waals surface area contributed by atoms with Crippen LogP contribution in [0.3, 0.4) is 0 Å². The summed E-state index contributed by atoms with van der Waals surface area (Å²) in [6.45, 7) is 2.86. The number of nitrogens with zero attached hydrogens (tertiary/aromatic N) is 1. The van der Waals surface area contributed by atoms with Crippen molar-refractivity contribution in [2.45, 2.75) is 20.1 Å². The van der Waals surface area contributed by atoms with Gasteiger partial charge in [-0.1, -0.05) is 11.6 Å². The van der Waals surface area contributed by atoms with Crippen LogP contribution in [0.25, 0.3) is 10.9 Å². The van der Waals surface area contributed by atoms with Gasteiger partial charge in [-0.15, -0.1) is 23.7 Å². The number of H-pyrrole nitrogens is 1. The topological polar surface area (TPSA) is 63.9 Å². The van der Waals surface area contributed by atoms with Crippen molar-refractivity contribution in [2.75, 3.05) is 0 Å². The Balaban J connectivity index is 0.00000161. The summed E-state index contributed by atoms with van der Waals surface area (Å²) in [4.78, 5) is 7.43. The normalized spacial score (nSPS) is 10.6. The number of rotatable bonds is 4. The third kappa shape index (κ3) is 3.16. The van der Waals surface area contributed by atoms with E-state index in [2.05, 4.69) is 9.97 Å². The average Bonchev–Trinajstić information content (AvgIpc) is 3.05. The molecule has 0 aliphatic carbocycles. The number of thiazole rings is 1. The van der Waals surface area contributed by atoms with Crippen molar-refractivity contribution < 1.29 is 4.74 Å². The van der Waals surface area contributed by atoms with E-state index in [1.807, 2.05) is 24.4 Å². The number of halogens is 2. The molecule has 2 aromatic heterocycles. The lowest BCUT2D eigenvalue weighted by atomic mass is 10.1. The average molecular weight is 344 g/mol. The van der Waals surface area contributed by atoms with E-state index in [0.717, 1.165) is 33.6 Å². The van der Waals surface area contributed by atoms with Crippen LogP contribution in [0.2, 0.25) is 5.02 Å². The van der Waals surface area contributed by atoms with Gasteiger partial charge in [0.2, 0.25) is 0 Å². The smallest absolute Gasteiger partial charge is 0.131 e. The second-order valence-corrected chi connectivity index (χ2v) is 5.65. The summed E-state index contributed by atoms with van der Waals surface area (Å²) in [6, 6.07) is 3.98. The number of nitrogens with one attached hydrogen (secondary N) is 1. The summed E-state index contributed by atoms with van der Waals surface area (Å²) >= 11 is 7.84. The second kappa shape index (κ2) is 6.66. The van der Waals surface area contributed by atoms with Crippen LogP contribution in [0, 0.1) is 6.92 Å². The number of aromatic amines is 1. The first-order chi connectivity index (χ1) is 9.69. The highest BCUT2D eigenvalue weighted by molar-refractivity contribution is 7.07. The van der Waals surface area contributed by atoms with Gasteiger partial charge in [-0.25, -0.2) is 4.98 Å². The first kappa shape index (κ1) is 16.1. The molecule has 112 valence electrons. The van der Waals surface area contributed by atoms with E-state index < -0.39 is 0 Å². The van der Waals surface area contributed by atoms with Gasteiger partial charge in [0.25, 0.3) is 0 Å². The Morgan fingerprint density at radius 3 is 2.90 bits per heavy atom. The van der Waals surface area contributed by atoms with Crippen LogP contribution in [-0.4, -0.2) is 9.97 Å². The molecule has 1 aromatic carbocycles. The highest BCUT2D eigenvalue weighted by Crippen LogP contribution is 2.32. The van der Waals surface area contributed by atoms with E-state index in [0.29, 0.717) is 18.2 Å². The fraction of sp³-hybridized carbons (Fsp3) is 0.214. The summed E-state index contributed by atoms with van der Waals surface area (Å²) in [7, 11) is 0. The molecular weight excluding hydrogens is 329 g/mol. The Hall–Kier alpha value is -1.27. The van der Waals surface area contributed by atoms with Crippen molar-refractivity contribution in [3.63, 3.8) is 0 Å². The molecule has 0 atom stereocenters. The van der Waals surface area contributed by atoms with Gasteiger partial charge >= 0.3 is 0 Å². The minimum atomic E-state index is 0. The molecule has 0 fully saturated rings. The number of hydrogen-bond donors (Lipinski definition) is 2. The predicted molar refractivity (Wildman–Crippen MR) is 89.6 cm³/mol. The number of hydrogen-bond acceptors (Lipinski definition) is 4. The van der Waals surface area contributed by atoms with Crippen molar-refractivity contribution >= 4 is 46.2 Å². The van der Waals surface area contributed by atoms with Gasteiger partial charge in [0.05, 0.1) is 21.7 Å². The lowest BCUT2D eigenvalue weighted by Gasteiger charge is -2.08. The Labute approximate surface area is 137 Å². The molecule has 3 rings (SSSR count). The first-order valence-corrected chi connectivity index (χ1v) is 7.51. The predicted octanol–water partition coefficient (Wildman–Crippen LogP) is 4.05. The Kier molecular flexibility index (Phi) is 5.11. The number of aromatic nitrogens is 2. The molecule has 21 heavy (non-hydrogen) atoms. The maximum absolute atomic E-state index is 6.28. The highest BCUT2D eigenvalue weighted by Gasteiger charge is 2.11. The van der Waals surface area contributed by atoms with Gasteiger partial charge in [-0.2, -0.15) is 0 Å². The van der Waals surface area contributed by atoms with Crippen LogP contribution in [0.15, 0.2) is 23.0 Å². The monoisotopic (exact) mass is 343 g/mol. The van der Waals surface area contributed by atoms with Gasteiger partial charge in [-0.05, 0) is 18.6 Å². The maximum Gasteiger partial charge on any atom is 0.131 e. The van der Waals surface area contributed by atoms with Crippen LogP contribution < -0.4 is 10.5 Å². The second-order valence-electron chi connectivity index (χ2n) is 4.55. The first-order valence-electron chi connectivity index (χ1n) is 6.19. The molecule has 2 heterocycles. The lowest BCUT2D eigenvalue weighted by Crippen LogP contribution is -1.97. The minimum Gasteiger partial charge on any atom is -0.487 e. The van der Waals surface area contributed by atoms with Gasteiger partial charge in [-0.3, -0.25) is 0 Å². The number of ether oxygens (including phenoxy) is 1. The van der Waals surface area contributed by atoms with Crippen LogP contribution in [0.4, 0.5) is 0 Å². The molecular formula is C14H15Cl2N3OS. The van der Waals surface area contributed by atoms with Crippen molar-refractivity contribution in [2.24, 2.45) is 5.73 Å². The summed E-state index contributed by atoms with van der Waals surface area (Å²) < 4.78 is 5.82. The molecule has 0 amide bonds. The van der Waals surface area contributed by atoms with E-state index in [1.165, 1.54) is 0 Å². The number of benzene rings is 1. The molecule has 0 saturated heterocycles. The van der Waals surface area contributed by atoms with E-state index >= 15 is 0 Å². The maximum atomic E-state index is 6.28. The van der Waals surface area contributed by atoms with Crippen molar-refractivity contribution in [3.05, 3.63) is 45.0 Å². The Morgan fingerprint density at radius 1 is 1.43 bits per heavy atom. The molecule has 3 aromatic rings. The third-order valence-corrected chi connectivity index (χ3v) is 4.23. The third-order valence-electron chi connectivity index (χ3n) is 3.17. The van der Waals surface area contributed by atoms with Crippen LogP contribution in [0.5, 0.6) is 5.75 Å². The zero-order valence-electron chi connectivity index (χ0n) is 11.4. The number of fused-ring (bicyclic) bond motifs is 1. The largest absolute Gasteiger partial charge is 0.487 e. The summed E-state index contributed by atoms with van der Waals surface area (Å²) in [5, 5.41) is 3.65. The van der Waals surface area contributed by atoms with Gasteiger partial charge < -0.3 is 15.5 Å². The Morgan fingerprint density at radius 2 is 2.24 bits per heavy atom. The summed E-state index contributed by atoms with van der Waals surface area (Å²) in [6.07, 6.45) is 0. The lowest BCUT2D eigenvalue weighted by molar-refractivity contribution is 0.300. The van der Waals surface area contributed by atoms with Crippen molar-refractivity contribution in [1.82, 2.24) is 9.97 Å². The van der Waals surface area contributed by atoms with E-state index in [-0.39, 0.29) is 12.4 Å². The van der Waals surface area contributed by atoms with Gasteiger partial charge in [0.15, 0.2) is 0 Å². The highest BCUT2D eigenvalue weighted by atomic mass is 35.5. The quantitative estimate of drug-likeness (QED) is 0.751. The Bertz CT molecular complexity index is 740. The zero-order chi connectivity index (χ0) is 14.1. The van der Waals surface area contributed by atoms with Crippen LogP contribution in [-0.2, 0) is 13.2 Å². The molecule has 0 unspecified atom stereocenters. The van der Waals surface area contributed by atoms with Gasteiger partial charge in [0.1, 0.15) is 12.4 Å². The van der Waals surface area contributed by atoms with E-state index in [9.17, 15) is 0 Å². The fourth-order valence-electron chi connectivity index (χ4n) is 2.11. The summed E-state index contributed by atoms with van der Waals surface area (Å²) in [5.41, 5.74) is 11.2. The molecule has 4 nitrogen and oxygen atoms in total. The minimum absolute atomic E-state index is 0. The summed E-state index contributed by atoms with van der Waals surface area (Å²) in [5.74, 6) is 0.826. The van der Waals surface area contributed by atoms with Crippen LogP contribution >= 0.6 is 35.3 Å².